The molecule has 0 radical (unpaired) electrons. The van der Waals surface area contributed by atoms with Crippen molar-refractivity contribution in [3.05, 3.63) is 59.9 Å². The molecule has 3 heterocycles. The Morgan fingerprint density at radius 3 is 2.50 bits per heavy atom. The SMILES string of the molecule is Cc1cnc(-c2cc(-c3ccc(N4CCN(C)CC4)cc3)cnc2N)cc1CCNC=O. The van der Waals surface area contributed by atoms with Crippen LogP contribution >= 0.6 is 0 Å². The lowest BCUT2D eigenvalue weighted by molar-refractivity contribution is -0.109. The zero-order valence-corrected chi connectivity index (χ0v) is 18.7. The van der Waals surface area contributed by atoms with Gasteiger partial charge in [0.25, 0.3) is 0 Å². The lowest BCUT2D eigenvalue weighted by Gasteiger charge is -2.34. The molecule has 1 fully saturated rings. The zero-order valence-electron chi connectivity index (χ0n) is 18.7. The molecule has 166 valence electrons. The molecule has 1 aromatic carbocycles. The van der Waals surface area contributed by atoms with Crippen molar-refractivity contribution in [2.45, 2.75) is 13.3 Å². The first-order chi connectivity index (χ1) is 15.5. The minimum Gasteiger partial charge on any atom is -0.383 e. The molecular formula is C25H30N6O. The Balaban J connectivity index is 1.58. The summed E-state index contributed by atoms with van der Waals surface area (Å²) in [4.78, 5) is 24.4. The first kappa shape index (κ1) is 21.8. The van der Waals surface area contributed by atoms with Gasteiger partial charge in [-0.15, -0.1) is 0 Å². The summed E-state index contributed by atoms with van der Waals surface area (Å²) in [5.74, 6) is 0.455. The molecule has 0 aliphatic carbocycles. The standard InChI is InChI=1S/C25H30N6O/c1-18-15-28-24(14-20(18)7-8-27-17-32)23-13-21(16-29-25(23)26)19-3-5-22(6-4-19)31-11-9-30(2)10-12-31/h3-6,13-17H,7-12H2,1-2H3,(H2,26,29)(H,27,32). The number of aryl methyl sites for hydroxylation is 1. The molecule has 0 spiro atoms. The molecule has 0 unspecified atom stereocenters. The average molecular weight is 431 g/mol. The zero-order chi connectivity index (χ0) is 22.5. The van der Waals surface area contributed by atoms with E-state index < -0.39 is 0 Å². The van der Waals surface area contributed by atoms with Crippen molar-refractivity contribution in [1.82, 2.24) is 20.2 Å². The van der Waals surface area contributed by atoms with Crippen molar-refractivity contribution in [3.8, 4) is 22.4 Å². The summed E-state index contributed by atoms with van der Waals surface area (Å²) in [5.41, 5.74) is 13.4. The first-order valence-electron chi connectivity index (χ1n) is 11.0. The second kappa shape index (κ2) is 9.78. The van der Waals surface area contributed by atoms with E-state index in [2.05, 4.69) is 62.5 Å². The fourth-order valence-corrected chi connectivity index (χ4v) is 4.02. The van der Waals surface area contributed by atoms with Crippen molar-refractivity contribution >= 4 is 17.9 Å². The highest BCUT2D eigenvalue weighted by Gasteiger charge is 2.15. The maximum absolute atomic E-state index is 10.6. The molecule has 3 aromatic rings. The number of carbonyl (C=O) groups excluding carboxylic acids is 1. The van der Waals surface area contributed by atoms with E-state index in [1.807, 2.05) is 25.4 Å². The van der Waals surface area contributed by atoms with Crippen LogP contribution in [0.25, 0.3) is 22.4 Å². The van der Waals surface area contributed by atoms with Crippen molar-refractivity contribution in [3.63, 3.8) is 0 Å². The van der Waals surface area contributed by atoms with E-state index in [-0.39, 0.29) is 0 Å². The number of hydrogen-bond donors (Lipinski definition) is 2. The number of amides is 1. The van der Waals surface area contributed by atoms with Gasteiger partial charge in [0.05, 0.1) is 5.69 Å². The van der Waals surface area contributed by atoms with Gasteiger partial charge in [0.2, 0.25) is 6.41 Å². The predicted octanol–water partition coefficient (Wildman–Crippen LogP) is 2.74. The lowest BCUT2D eigenvalue weighted by atomic mass is 10.0. The van der Waals surface area contributed by atoms with Crippen molar-refractivity contribution < 1.29 is 4.79 Å². The molecule has 1 amide bonds. The molecule has 1 saturated heterocycles. The maximum Gasteiger partial charge on any atom is 0.207 e. The van der Waals surface area contributed by atoms with Gasteiger partial charge in [0, 0.05) is 61.9 Å². The number of nitrogens with two attached hydrogens (primary N) is 1. The number of piperazine rings is 1. The molecule has 4 rings (SSSR count). The third-order valence-corrected chi connectivity index (χ3v) is 6.10. The van der Waals surface area contributed by atoms with E-state index in [4.69, 9.17) is 5.73 Å². The Kier molecular flexibility index (Phi) is 6.66. The fourth-order valence-electron chi connectivity index (χ4n) is 4.02. The Labute approximate surface area is 189 Å². The second-order valence-corrected chi connectivity index (χ2v) is 8.31. The van der Waals surface area contributed by atoms with Gasteiger partial charge in [-0.05, 0) is 61.3 Å². The number of nitrogens with zero attached hydrogens (tertiary/aromatic N) is 4. The van der Waals surface area contributed by atoms with Crippen molar-refractivity contribution in [2.24, 2.45) is 0 Å². The molecule has 0 atom stereocenters. The Hall–Kier alpha value is -3.45. The van der Waals surface area contributed by atoms with Gasteiger partial charge in [0.1, 0.15) is 5.82 Å². The Morgan fingerprint density at radius 2 is 1.78 bits per heavy atom. The molecule has 3 N–H and O–H groups in total. The predicted molar refractivity (Wildman–Crippen MR) is 130 cm³/mol. The maximum atomic E-state index is 10.6. The number of benzene rings is 1. The van der Waals surface area contributed by atoms with Crippen LogP contribution in [0.1, 0.15) is 11.1 Å². The summed E-state index contributed by atoms with van der Waals surface area (Å²) in [6, 6.07) is 12.7. The third kappa shape index (κ3) is 4.89. The summed E-state index contributed by atoms with van der Waals surface area (Å²) in [6.45, 7) is 6.88. The number of carbonyl (C=O) groups is 1. The van der Waals surface area contributed by atoms with E-state index in [9.17, 15) is 4.79 Å². The van der Waals surface area contributed by atoms with Gasteiger partial charge >= 0.3 is 0 Å². The highest BCUT2D eigenvalue weighted by Crippen LogP contribution is 2.30. The molecule has 0 bridgehead atoms. The first-order valence-corrected chi connectivity index (χ1v) is 11.0. The van der Waals surface area contributed by atoms with Crippen LogP contribution in [-0.2, 0) is 11.2 Å². The normalized spacial score (nSPS) is 14.4. The summed E-state index contributed by atoms with van der Waals surface area (Å²) in [7, 11) is 2.17. The number of rotatable bonds is 7. The number of aromatic nitrogens is 2. The summed E-state index contributed by atoms with van der Waals surface area (Å²) in [5, 5.41) is 2.71. The van der Waals surface area contributed by atoms with E-state index in [0.717, 1.165) is 72.5 Å². The van der Waals surface area contributed by atoms with E-state index in [1.54, 1.807) is 0 Å². The van der Waals surface area contributed by atoms with Crippen LogP contribution in [0.5, 0.6) is 0 Å². The Bertz CT molecular complexity index is 1070. The lowest BCUT2D eigenvalue weighted by Crippen LogP contribution is -2.44. The Morgan fingerprint density at radius 1 is 1.03 bits per heavy atom. The smallest absolute Gasteiger partial charge is 0.207 e. The summed E-state index contributed by atoms with van der Waals surface area (Å²) < 4.78 is 0. The molecular weight excluding hydrogens is 400 g/mol. The summed E-state index contributed by atoms with van der Waals surface area (Å²) >= 11 is 0. The van der Waals surface area contributed by atoms with Crippen LogP contribution in [0.15, 0.2) is 48.8 Å². The fraction of sp³-hybridized carbons (Fsp3) is 0.320. The van der Waals surface area contributed by atoms with Crippen LogP contribution in [0.4, 0.5) is 11.5 Å². The number of pyridine rings is 2. The van der Waals surface area contributed by atoms with Crippen LogP contribution < -0.4 is 16.0 Å². The molecule has 7 nitrogen and oxygen atoms in total. The van der Waals surface area contributed by atoms with Gasteiger partial charge in [-0.1, -0.05) is 12.1 Å². The molecule has 1 aliphatic rings. The van der Waals surface area contributed by atoms with Crippen LogP contribution in [0.3, 0.4) is 0 Å². The number of nitrogens with one attached hydrogen (secondary N) is 1. The van der Waals surface area contributed by atoms with E-state index in [1.165, 1.54) is 5.69 Å². The van der Waals surface area contributed by atoms with Gasteiger partial charge in [-0.25, -0.2) is 4.98 Å². The topological polar surface area (TPSA) is 87.4 Å². The highest BCUT2D eigenvalue weighted by molar-refractivity contribution is 5.78. The monoisotopic (exact) mass is 430 g/mol. The van der Waals surface area contributed by atoms with Gasteiger partial charge in [-0.3, -0.25) is 9.78 Å². The third-order valence-electron chi connectivity index (χ3n) is 6.10. The van der Waals surface area contributed by atoms with Gasteiger partial charge < -0.3 is 20.9 Å². The second-order valence-electron chi connectivity index (χ2n) is 8.31. The molecule has 32 heavy (non-hydrogen) atoms. The molecule has 7 heteroatoms. The minimum absolute atomic E-state index is 0.455. The number of anilines is 2. The van der Waals surface area contributed by atoms with Crippen molar-refractivity contribution in [2.75, 3.05) is 50.4 Å². The number of nitrogen functional groups attached to an aromatic ring is 1. The summed E-state index contributed by atoms with van der Waals surface area (Å²) in [6.07, 6.45) is 5.12. The van der Waals surface area contributed by atoms with Crippen molar-refractivity contribution in [1.29, 1.82) is 0 Å². The number of likely N-dealkylation sites (N-methyl/N-ethyl adjacent to an activating group) is 1. The average Bonchev–Trinajstić information content (AvgIpc) is 2.81. The van der Waals surface area contributed by atoms with E-state index >= 15 is 0 Å². The molecule has 2 aromatic heterocycles. The van der Waals surface area contributed by atoms with Gasteiger partial charge in [-0.2, -0.15) is 0 Å². The largest absolute Gasteiger partial charge is 0.383 e. The molecule has 1 aliphatic heterocycles. The molecule has 0 saturated carbocycles. The highest BCUT2D eigenvalue weighted by atomic mass is 16.1. The van der Waals surface area contributed by atoms with Crippen LogP contribution in [0, 0.1) is 6.92 Å². The van der Waals surface area contributed by atoms with E-state index in [0.29, 0.717) is 12.4 Å². The quantitative estimate of drug-likeness (QED) is 0.443. The minimum atomic E-state index is 0.455. The number of hydrogen-bond acceptors (Lipinski definition) is 6. The van der Waals surface area contributed by atoms with Gasteiger partial charge in [0.15, 0.2) is 0 Å². The van der Waals surface area contributed by atoms with Crippen LogP contribution in [0.2, 0.25) is 0 Å². The van der Waals surface area contributed by atoms with Crippen LogP contribution in [-0.4, -0.2) is 61.0 Å².